The van der Waals surface area contributed by atoms with Crippen LogP contribution in [0.2, 0.25) is 0 Å². The van der Waals surface area contributed by atoms with Crippen molar-refractivity contribution in [2.75, 3.05) is 6.54 Å². The van der Waals surface area contributed by atoms with Crippen molar-refractivity contribution in [3.63, 3.8) is 0 Å². The summed E-state index contributed by atoms with van der Waals surface area (Å²) in [5.41, 5.74) is 3.78. The molecule has 1 aromatic heterocycles. The number of nitrogens with zero attached hydrogens (tertiary/aromatic N) is 1. The van der Waals surface area contributed by atoms with E-state index in [1.54, 1.807) is 5.01 Å². The fourth-order valence-corrected chi connectivity index (χ4v) is 4.97. The van der Waals surface area contributed by atoms with Crippen LogP contribution in [0.3, 0.4) is 0 Å². The first kappa shape index (κ1) is 32.9. The van der Waals surface area contributed by atoms with Gasteiger partial charge in [0.05, 0.1) is 18.7 Å². The van der Waals surface area contributed by atoms with E-state index in [0.29, 0.717) is 13.0 Å². The van der Waals surface area contributed by atoms with Crippen molar-refractivity contribution < 1.29 is 24.3 Å². The van der Waals surface area contributed by atoms with E-state index in [1.165, 1.54) is 25.2 Å². The second-order valence-electron chi connectivity index (χ2n) is 10.7. The third-order valence-electron chi connectivity index (χ3n) is 6.31. The summed E-state index contributed by atoms with van der Waals surface area (Å²) in [6, 6.07) is 11.0. The van der Waals surface area contributed by atoms with E-state index in [9.17, 15) is 24.3 Å². The molecule has 0 aliphatic heterocycles. The summed E-state index contributed by atoms with van der Waals surface area (Å²) >= 11 is 1.51. The SMILES string of the molecule is CC(=O)N[C@H](C(=O)N[C@@H](Cc1ccccc1)[C@@H](O)CN(Cc1cccs1)NC(=O)[C@@H](NC(C)=O)C(C)C)C(C)C. The van der Waals surface area contributed by atoms with Crippen molar-refractivity contribution in [1.82, 2.24) is 26.4 Å². The van der Waals surface area contributed by atoms with Crippen molar-refractivity contribution in [2.24, 2.45) is 11.8 Å². The standard InChI is InChI=1S/C29H43N5O5S/c1-18(2)26(30-20(5)35)28(38)32-24(15-22-11-8-7-9-12-22)25(37)17-34(16-23-13-10-14-40-23)33-29(39)27(19(3)4)31-21(6)36/h7-14,18-19,24-27,37H,15-17H2,1-6H3,(H,30,35)(H,31,36)(H,32,38)(H,33,39)/t24-,25-,26-,27-/m0/s1. The largest absolute Gasteiger partial charge is 0.390 e. The highest BCUT2D eigenvalue weighted by Gasteiger charge is 2.31. The number of aliphatic hydroxyl groups is 1. The average molecular weight is 574 g/mol. The predicted molar refractivity (Wildman–Crippen MR) is 156 cm³/mol. The van der Waals surface area contributed by atoms with Gasteiger partial charge in [-0.3, -0.25) is 24.6 Å². The molecule has 220 valence electrons. The van der Waals surface area contributed by atoms with Gasteiger partial charge in [-0.1, -0.05) is 64.1 Å². The van der Waals surface area contributed by atoms with Crippen LogP contribution in [-0.2, 0) is 32.1 Å². The fraction of sp³-hybridized carbons (Fsp3) is 0.517. The average Bonchev–Trinajstić information content (AvgIpc) is 3.38. The number of carbonyl (C=O) groups is 4. The first-order chi connectivity index (χ1) is 18.9. The lowest BCUT2D eigenvalue weighted by atomic mass is 9.98. The highest BCUT2D eigenvalue weighted by atomic mass is 32.1. The van der Waals surface area contributed by atoms with E-state index in [0.717, 1.165) is 10.4 Å². The Morgan fingerprint density at radius 2 is 1.40 bits per heavy atom. The van der Waals surface area contributed by atoms with Crippen LogP contribution in [0.15, 0.2) is 47.8 Å². The van der Waals surface area contributed by atoms with Crippen LogP contribution in [0, 0.1) is 11.8 Å². The van der Waals surface area contributed by atoms with Gasteiger partial charge in [0.2, 0.25) is 17.7 Å². The number of rotatable bonds is 15. The molecule has 1 heterocycles. The summed E-state index contributed by atoms with van der Waals surface area (Å²) < 4.78 is 0. The molecule has 5 N–H and O–H groups in total. The molecule has 0 aliphatic rings. The molecule has 11 heteroatoms. The Hall–Kier alpha value is -3.28. The number of hydrazine groups is 1. The predicted octanol–water partition coefficient (Wildman–Crippen LogP) is 1.99. The van der Waals surface area contributed by atoms with Gasteiger partial charge in [0.25, 0.3) is 5.91 Å². The summed E-state index contributed by atoms with van der Waals surface area (Å²) in [4.78, 5) is 50.8. The molecule has 40 heavy (non-hydrogen) atoms. The monoisotopic (exact) mass is 573 g/mol. The number of aliphatic hydroxyl groups excluding tert-OH is 1. The Labute approximate surface area is 240 Å². The van der Waals surface area contributed by atoms with Gasteiger partial charge < -0.3 is 21.1 Å². The van der Waals surface area contributed by atoms with E-state index in [4.69, 9.17) is 0 Å². The van der Waals surface area contributed by atoms with E-state index in [2.05, 4.69) is 21.4 Å². The molecule has 0 fully saturated rings. The summed E-state index contributed by atoms with van der Waals surface area (Å²) in [5.74, 6) is -1.77. The van der Waals surface area contributed by atoms with Crippen LogP contribution < -0.4 is 21.4 Å². The van der Waals surface area contributed by atoms with Gasteiger partial charge in [-0.15, -0.1) is 11.3 Å². The van der Waals surface area contributed by atoms with Crippen LogP contribution >= 0.6 is 11.3 Å². The zero-order chi connectivity index (χ0) is 29.8. The molecule has 4 atom stereocenters. The highest BCUT2D eigenvalue weighted by molar-refractivity contribution is 7.09. The van der Waals surface area contributed by atoms with Crippen LogP contribution in [0.5, 0.6) is 0 Å². The van der Waals surface area contributed by atoms with Gasteiger partial charge in [-0.2, -0.15) is 0 Å². The van der Waals surface area contributed by atoms with E-state index >= 15 is 0 Å². The number of benzene rings is 1. The number of nitrogens with one attached hydrogen (secondary N) is 4. The number of hydrogen-bond acceptors (Lipinski definition) is 7. The first-order valence-corrected chi connectivity index (χ1v) is 14.4. The lowest BCUT2D eigenvalue weighted by Crippen LogP contribution is -2.59. The van der Waals surface area contributed by atoms with Crippen molar-refractivity contribution in [2.45, 2.75) is 78.7 Å². The molecule has 2 rings (SSSR count). The van der Waals surface area contributed by atoms with Crippen LogP contribution in [0.4, 0.5) is 0 Å². The zero-order valence-electron chi connectivity index (χ0n) is 24.1. The van der Waals surface area contributed by atoms with Gasteiger partial charge in [-0.05, 0) is 35.3 Å². The fourth-order valence-electron chi connectivity index (χ4n) is 4.25. The maximum absolute atomic E-state index is 13.3. The third-order valence-corrected chi connectivity index (χ3v) is 7.17. The minimum atomic E-state index is -1.09. The van der Waals surface area contributed by atoms with Gasteiger partial charge in [0.15, 0.2) is 0 Å². The molecule has 0 radical (unpaired) electrons. The van der Waals surface area contributed by atoms with E-state index in [1.807, 2.05) is 75.5 Å². The van der Waals surface area contributed by atoms with Crippen molar-refractivity contribution >= 4 is 35.0 Å². The number of amides is 4. The van der Waals surface area contributed by atoms with E-state index < -0.39 is 36.0 Å². The molecule has 0 unspecified atom stereocenters. The number of thiophene rings is 1. The first-order valence-electron chi connectivity index (χ1n) is 13.5. The summed E-state index contributed by atoms with van der Waals surface area (Å²) in [5, 5.41) is 23.3. The van der Waals surface area contributed by atoms with Gasteiger partial charge in [-0.25, -0.2) is 5.01 Å². The van der Waals surface area contributed by atoms with Crippen molar-refractivity contribution in [3.8, 4) is 0 Å². The summed E-state index contributed by atoms with van der Waals surface area (Å²) in [6.07, 6.45) is -0.757. The molecule has 0 saturated heterocycles. The van der Waals surface area contributed by atoms with Crippen molar-refractivity contribution in [1.29, 1.82) is 0 Å². The minimum Gasteiger partial charge on any atom is -0.390 e. The Morgan fingerprint density at radius 1 is 0.825 bits per heavy atom. The molecule has 0 bridgehead atoms. The highest BCUT2D eigenvalue weighted by Crippen LogP contribution is 2.14. The molecule has 0 saturated carbocycles. The number of carbonyl (C=O) groups excluding carboxylic acids is 4. The normalized spacial score (nSPS) is 14.3. The smallest absolute Gasteiger partial charge is 0.257 e. The third kappa shape index (κ3) is 11.1. The summed E-state index contributed by atoms with van der Waals surface area (Å²) in [7, 11) is 0. The van der Waals surface area contributed by atoms with Crippen molar-refractivity contribution in [3.05, 3.63) is 58.3 Å². The molecule has 2 aromatic rings. The zero-order valence-corrected chi connectivity index (χ0v) is 25.0. The molecule has 0 spiro atoms. The quantitative estimate of drug-likeness (QED) is 0.207. The van der Waals surface area contributed by atoms with Gasteiger partial charge in [0.1, 0.15) is 12.1 Å². The Morgan fingerprint density at radius 3 is 1.90 bits per heavy atom. The lowest BCUT2D eigenvalue weighted by molar-refractivity contribution is -0.134. The molecule has 4 amide bonds. The van der Waals surface area contributed by atoms with Gasteiger partial charge in [0, 0.05) is 25.3 Å². The molecular weight excluding hydrogens is 530 g/mol. The van der Waals surface area contributed by atoms with Gasteiger partial charge >= 0.3 is 0 Å². The Bertz CT molecular complexity index is 1090. The van der Waals surface area contributed by atoms with E-state index in [-0.39, 0.29) is 30.2 Å². The van der Waals surface area contributed by atoms with Crippen LogP contribution in [0.25, 0.3) is 0 Å². The molecule has 10 nitrogen and oxygen atoms in total. The minimum absolute atomic E-state index is 0.00120. The molecule has 1 aromatic carbocycles. The Balaban J connectivity index is 2.30. The molecular formula is C29H43N5O5S. The Kier molecular flexibility index (Phi) is 13.3. The topological polar surface area (TPSA) is 140 Å². The van der Waals surface area contributed by atoms with Crippen LogP contribution in [-0.4, -0.2) is 64.5 Å². The maximum atomic E-state index is 13.3. The lowest BCUT2D eigenvalue weighted by Gasteiger charge is -2.33. The summed E-state index contributed by atoms with van der Waals surface area (Å²) in [6.45, 7) is 10.4. The maximum Gasteiger partial charge on any atom is 0.257 e. The second-order valence-corrected chi connectivity index (χ2v) is 11.7. The molecule has 0 aliphatic carbocycles. The van der Waals surface area contributed by atoms with Crippen LogP contribution in [0.1, 0.15) is 52.0 Å². The number of hydrogen-bond donors (Lipinski definition) is 5. The second kappa shape index (κ2) is 16.1.